The highest BCUT2D eigenvalue weighted by atomic mass is 32.2. The molecule has 260 valence electrons. The van der Waals surface area contributed by atoms with Gasteiger partial charge in [0, 0.05) is 0 Å². The molecule has 0 fully saturated rings. The lowest BCUT2D eigenvalue weighted by atomic mass is 9.89. The van der Waals surface area contributed by atoms with Crippen LogP contribution in [0, 0.1) is 0 Å². The Balaban J connectivity index is 0.000000870. The first kappa shape index (κ1) is 43.1. The Bertz CT molecular complexity index is 856. The van der Waals surface area contributed by atoms with Crippen molar-refractivity contribution in [3.8, 4) is 0 Å². The van der Waals surface area contributed by atoms with Crippen LogP contribution in [0.2, 0.25) is 0 Å². The van der Waals surface area contributed by atoms with E-state index >= 15 is 0 Å². The summed E-state index contributed by atoms with van der Waals surface area (Å²) in [6, 6.07) is 3.81. The molecule has 0 spiro atoms. The maximum atomic E-state index is 11.7. The Hall–Kier alpha value is -0.910. The van der Waals surface area contributed by atoms with Gasteiger partial charge in [-0.3, -0.25) is 4.55 Å². The fraction of sp³-hybridized carbons (Fsp3) is 0.846. The lowest BCUT2D eigenvalue weighted by Crippen LogP contribution is -2.27. The number of benzene rings is 1. The van der Waals surface area contributed by atoms with E-state index in [0.717, 1.165) is 5.56 Å². The number of nitrogens with zero attached hydrogens (tertiary/aromatic N) is 1. The van der Waals surface area contributed by atoms with Crippen LogP contribution in [0.15, 0.2) is 17.0 Å². The van der Waals surface area contributed by atoms with Crippen LogP contribution in [0.3, 0.4) is 0 Å². The van der Waals surface area contributed by atoms with Gasteiger partial charge < -0.3 is 4.90 Å². The van der Waals surface area contributed by atoms with Crippen LogP contribution in [-0.4, -0.2) is 37.5 Å². The van der Waals surface area contributed by atoms with Crippen LogP contribution in [0.25, 0.3) is 0 Å². The Morgan fingerprint density at radius 2 is 0.818 bits per heavy atom. The quantitative estimate of drug-likeness (QED) is 0.0856. The molecule has 0 aromatic heterocycles. The van der Waals surface area contributed by atoms with Gasteiger partial charge >= 0.3 is 0 Å². The van der Waals surface area contributed by atoms with Crippen molar-refractivity contribution in [2.24, 2.45) is 0 Å². The van der Waals surface area contributed by atoms with Gasteiger partial charge in [0.1, 0.15) is 4.90 Å². The molecule has 1 N–H and O–H groups in total. The highest BCUT2D eigenvalue weighted by Gasteiger charge is 2.25. The molecular weight excluding hydrogens is 563 g/mol. The third-order valence-corrected chi connectivity index (χ3v) is 9.81. The molecule has 0 aliphatic carbocycles. The molecule has 0 atom stereocenters. The molecule has 0 radical (unpaired) electrons. The first-order chi connectivity index (χ1) is 20.9. The second-order valence-corrected chi connectivity index (χ2v) is 15.5. The summed E-state index contributed by atoms with van der Waals surface area (Å²) < 4.78 is 33.0. The minimum absolute atomic E-state index is 0.0492. The van der Waals surface area contributed by atoms with Crippen molar-refractivity contribution in [1.82, 2.24) is 4.90 Å². The van der Waals surface area contributed by atoms with Crippen molar-refractivity contribution < 1.29 is 13.0 Å². The Kier molecular flexibility index (Phi) is 25.6. The first-order valence-electron chi connectivity index (χ1n) is 18.8. The maximum Gasteiger partial charge on any atom is 0.295 e. The van der Waals surface area contributed by atoms with E-state index in [2.05, 4.69) is 39.5 Å². The van der Waals surface area contributed by atoms with Crippen LogP contribution in [0.1, 0.15) is 212 Å². The average Bonchev–Trinajstić information content (AvgIpc) is 2.96. The summed E-state index contributed by atoms with van der Waals surface area (Å²) in [5, 5.41) is 0. The summed E-state index contributed by atoms with van der Waals surface area (Å²) in [5.74, 6) is 0.423. The molecular formula is C39H75NO3S. The predicted octanol–water partition coefficient (Wildman–Crippen LogP) is 12.7. The molecule has 4 nitrogen and oxygen atoms in total. The third-order valence-electron chi connectivity index (χ3n) is 8.82. The van der Waals surface area contributed by atoms with Crippen molar-refractivity contribution in [2.75, 3.05) is 19.6 Å². The second-order valence-electron chi connectivity index (χ2n) is 14.1. The van der Waals surface area contributed by atoms with E-state index in [1.807, 2.05) is 39.8 Å². The maximum absolute atomic E-state index is 11.7. The van der Waals surface area contributed by atoms with Crippen molar-refractivity contribution in [2.45, 2.75) is 201 Å². The highest BCUT2D eigenvalue weighted by molar-refractivity contribution is 7.86. The Morgan fingerprint density at radius 1 is 0.523 bits per heavy atom. The number of hydrogen-bond acceptors (Lipinski definition) is 3. The van der Waals surface area contributed by atoms with Gasteiger partial charge in [-0.05, 0) is 73.3 Å². The van der Waals surface area contributed by atoms with Crippen LogP contribution >= 0.6 is 0 Å². The van der Waals surface area contributed by atoms with E-state index in [-0.39, 0.29) is 16.7 Å². The summed E-state index contributed by atoms with van der Waals surface area (Å²) in [6.45, 7) is 22.9. The third kappa shape index (κ3) is 20.3. The Morgan fingerprint density at radius 3 is 1.07 bits per heavy atom. The molecule has 44 heavy (non-hydrogen) atoms. The van der Waals surface area contributed by atoms with Crippen LogP contribution in [-0.2, 0) is 10.1 Å². The zero-order valence-electron chi connectivity index (χ0n) is 30.9. The van der Waals surface area contributed by atoms with Crippen LogP contribution < -0.4 is 0 Å². The first-order valence-corrected chi connectivity index (χ1v) is 20.2. The van der Waals surface area contributed by atoms with E-state index in [4.69, 9.17) is 0 Å². The summed E-state index contributed by atoms with van der Waals surface area (Å²) in [5.41, 5.74) is 2.52. The Labute approximate surface area is 276 Å². The van der Waals surface area contributed by atoms with E-state index in [0.29, 0.717) is 17.0 Å². The lowest BCUT2D eigenvalue weighted by Gasteiger charge is -2.22. The van der Waals surface area contributed by atoms with E-state index < -0.39 is 10.1 Å². The van der Waals surface area contributed by atoms with Crippen molar-refractivity contribution in [3.63, 3.8) is 0 Å². The minimum atomic E-state index is -4.20. The molecule has 1 aromatic carbocycles. The summed E-state index contributed by atoms with van der Waals surface area (Å²) in [6.07, 6.45) is 25.7. The normalized spacial score (nSPS) is 12.0. The largest absolute Gasteiger partial charge is 0.303 e. The van der Waals surface area contributed by atoms with Gasteiger partial charge in [0.2, 0.25) is 0 Å². The molecule has 0 saturated carbocycles. The monoisotopic (exact) mass is 638 g/mol. The zero-order valence-corrected chi connectivity index (χ0v) is 31.7. The smallest absolute Gasteiger partial charge is 0.295 e. The van der Waals surface area contributed by atoms with Gasteiger partial charge in [-0.25, -0.2) is 0 Å². The number of rotatable bonds is 25. The molecule has 0 aliphatic heterocycles. The fourth-order valence-electron chi connectivity index (χ4n) is 5.87. The SMILES string of the molecule is CC(C)c1cc(C(C)C)c(S(=O)(=O)O)c(C(C)C)c1.CCCCCCCCN(CCCCCCCC)CCCCCCCC. The summed E-state index contributed by atoms with van der Waals surface area (Å²) in [7, 11) is -4.20. The zero-order chi connectivity index (χ0) is 33.4. The van der Waals surface area contributed by atoms with E-state index in [1.165, 1.54) is 135 Å². The standard InChI is InChI=1S/C24H51N.C15H24O3S/c1-4-7-10-13-16-19-22-25(23-20-17-14-11-8-5-2)24-21-18-15-12-9-6-3;1-9(2)12-7-13(10(3)4)15(19(16,17)18)14(8-12)11(5)6/h4-24H2,1-3H3;7-11H,1-6H3,(H,16,17,18). The molecule has 1 rings (SSSR count). The van der Waals surface area contributed by atoms with Gasteiger partial charge in [0.15, 0.2) is 0 Å². The van der Waals surface area contributed by atoms with Crippen molar-refractivity contribution in [1.29, 1.82) is 0 Å². The molecule has 0 aliphatic rings. The fourth-order valence-corrected chi connectivity index (χ4v) is 7.06. The van der Waals surface area contributed by atoms with Gasteiger partial charge in [-0.1, -0.05) is 171 Å². The van der Waals surface area contributed by atoms with E-state index in [1.54, 1.807) is 0 Å². The molecule has 0 saturated heterocycles. The molecule has 0 unspecified atom stereocenters. The van der Waals surface area contributed by atoms with E-state index in [9.17, 15) is 13.0 Å². The molecule has 5 heteroatoms. The van der Waals surface area contributed by atoms with Gasteiger partial charge in [0.25, 0.3) is 10.1 Å². The predicted molar refractivity (Wildman–Crippen MR) is 195 cm³/mol. The van der Waals surface area contributed by atoms with Crippen LogP contribution in [0.5, 0.6) is 0 Å². The number of hydrogen-bond donors (Lipinski definition) is 1. The summed E-state index contributed by atoms with van der Waals surface area (Å²) >= 11 is 0. The minimum Gasteiger partial charge on any atom is -0.303 e. The topological polar surface area (TPSA) is 57.6 Å². The average molecular weight is 638 g/mol. The molecule has 1 aromatic rings. The second kappa shape index (κ2) is 26.2. The van der Waals surface area contributed by atoms with Gasteiger partial charge in [-0.15, -0.1) is 0 Å². The molecule has 0 heterocycles. The highest BCUT2D eigenvalue weighted by Crippen LogP contribution is 2.34. The van der Waals surface area contributed by atoms with Gasteiger partial charge in [-0.2, -0.15) is 8.42 Å². The van der Waals surface area contributed by atoms with Crippen molar-refractivity contribution in [3.05, 3.63) is 28.8 Å². The summed E-state index contributed by atoms with van der Waals surface area (Å²) in [4.78, 5) is 2.89. The van der Waals surface area contributed by atoms with Gasteiger partial charge in [0.05, 0.1) is 0 Å². The van der Waals surface area contributed by atoms with Crippen molar-refractivity contribution >= 4 is 10.1 Å². The lowest BCUT2D eigenvalue weighted by molar-refractivity contribution is 0.254. The molecule has 0 amide bonds. The number of unbranched alkanes of at least 4 members (excludes halogenated alkanes) is 15. The van der Waals surface area contributed by atoms with Crippen LogP contribution in [0.4, 0.5) is 0 Å². The molecule has 0 bridgehead atoms.